The molecule has 0 saturated carbocycles. The van der Waals surface area contributed by atoms with E-state index in [-0.39, 0.29) is 11.8 Å². The Morgan fingerprint density at radius 3 is 2.86 bits per heavy atom. The fourth-order valence-electron chi connectivity index (χ4n) is 5.07. The van der Waals surface area contributed by atoms with E-state index in [4.69, 9.17) is 18.9 Å². The Morgan fingerprint density at radius 1 is 1.14 bits per heavy atom. The zero-order valence-electron chi connectivity index (χ0n) is 19.9. The summed E-state index contributed by atoms with van der Waals surface area (Å²) in [7, 11) is 1.54. The number of carbonyl (C=O) groups excluding carboxylic acids is 2. The molecule has 4 aromatic rings. The van der Waals surface area contributed by atoms with E-state index in [0.717, 1.165) is 23.3 Å². The minimum absolute atomic E-state index is 0.159. The highest BCUT2D eigenvalue weighted by atomic mass is 16.5. The quantitative estimate of drug-likeness (QED) is 0.391. The molecule has 0 aliphatic carbocycles. The molecule has 9 heteroatoms. The van der Waals surface area contributed by atoms with Crippen LogP contribution in [0.5, 0.6) is 11.5 Å². The summed E-state index contributed by atoms with van der Waals surface area (Å²) in [5.41, 5.74) is 2.80. The molecule has 36 heavy (non-hydrogen) atoms. The Labute approximate surface area is 207 Å². The fraction of sp³-hybridized carbons (Fsp3) is 0.296. The molecule has 9 nitrogen and oxygen atoms in total. The summed E-state index contributed by atoms with van der Waals surface area (Å²) in [6, 6.07) is 14.6. The number of furan rings is 1. The highest BCUT2D eigenvalue weighted by Gasteiger charge is 2.39. The summed E-state index contributed by atoms with van der Waals surface area (Å²) in [5.74, 6) is 2.10. The van der Waals surface area contributed by atoms with Gasteiger partial charge < -0.3 is 28.7 Å². The smallest absolute Gasteiger partial charge is 0.256 e. The van der Waals surface area contributed by atoms with Crippen molar-refractivity contribution in [2.24, 2.45) is 0 Å². The van der Waals surface area contributed by atoms with Gasteiger partial charge in [-0.1, -0.05) is 12.1 Å². The van der Waals surface area contributed by atoms with Gasteiger partial charge in [-0.3, -0.25) is 9.59 Å². The lowest BCUT2D eigenvalue weighted by Crippen LogP contribution is -2.40. The van der Waals surface area contributed by atoms with Crippen LogP contribution >= 0.6 is 0 Å². The number of benzene rings is 2. The van der Waals surface area contributed by atoms with Crippen molar-refractivity contribution in [3.8, 4) is 23.1 Å². The van der Waals surface area contributed by atoms with Crippen molar-refractivity contribution in [3.63, 3.8) is 0 Å². The molecule has 2 aliphatic heterocycles. The van der Waals surface area contributed by atoms with Gasteiger partial charge in [-0.05, 0) is 49.6 Å². The topological polar surface area (TPSA) is 98.8 Å². The Hall–Kier alpha value is -4.27. The van der Waals surface area contributed by atoms with E-state index in [9.17, 15) is 9.59 Å². The number of para-hydroxylation sites is 2. The third kappa shape index (κ3) is 3.77. The van der Waals surface area contributed by atoms with Crippen molar-refractivity contribution < 1.29 is 23.5 Å². The number of hydrogen-bond acceptors (Lipinski definition) is 6. The van der Waals surface area contributed by atoms with Crippen molar-refractivity contribution in [3.05, 3.63) is 60.4 Å². The Balaban J connectivity index is 1.21. The minimum Gasteiger partial charge on any atom is -0.493 e. The number of carbonyl (C=O) groups is 2. The third-order valence-corrected chi connectivity index (χ3v) is 6.79. The normalized spacial score (nSPS) is 17.0. The van der Waals surface area contributed by atoms with Crippen LogP contribution in [0, 0.1) is 0 Å². The zero-order valence-corrected chi connectivity index (χ0v) is 19.9. The molecule has 6 rings (SSSR count). The summed E-state index contributed by atoms with van der Waals surface area (Å²) >= 11 is 0. The largest absolute Gasteiger partial charge is 0.493 e. The van der Waals surface area contributed by atoms with Crippen LogP contribution < -0.4 is 14.8 Å². The standard InChI is InChI=1S/C27H26N4O5/c1-34-23-15-17-19(29-26(32)21-9-4-11-31(21)27(17)33)16-24(23)36-14-6-12-30-20-8-3-2-7-18(20)28-25(30)22-10-5-13-35-22/h2-3,5,7-8,10,13,15-16,21H,4,6,9,11-12,14H2,1H3,(H,29,32)/t21-/m0/s1. The number of amides is 2. The Kier molecular flexibility index (Phi) is 5.59. The first-order valence-electron chi connectivity index (χ1n) is 12.1. The highest BCUT2D eigenvalue weighted by molar-refractivity contribution is 6.10. The van der Waals surface area contributed by atoms with Crippen LogP contribution in [-0.4, -0.2) is 52.6 Å². The van der Waals surface area contributed by atoms with Crippen LogP contribution in [0.4, 0.5) is 5.69 Å². The number of rotatable bonds is 7. The summed E-state index contributed by atoms with van der Waals surface area (Å²) in [6.45, 7) is 1.64. The summed E-state index contributed by atoms with van der Waals surface area (Å²) in [4.78, 5) is 32.2. The lowest BCUT2D eigenvalue weighted by atomic mass is 10.1. The van der Waals surface area contributed by atoms with Gasteiger partial charge in [0.1, 0.15) is 6.04 Å². The molecule has 2 aromatic heterocycles. The second-order valence-electron chi connectivity index (χ2n) is 8.95. The molecule has 2 aromatic carbocycles. The van der Waals surface area contributed by atoms with Gasteiger partial charge in [0.05, 0.1) is 42.3 Å². The number of ether oxygens (including phenoxy) is 2. The van der Waals surface area contributed by atoms with Crippen LogP contribution in [0.2, 0.25) is 0 Å². The summed E-state index contributed by atoms with van der Waals surface area (Å²) in [6.07, 6.45) is 3.83. The molecular formula is C27H26N4O5. The van der Waals surface area contributed by atoms with E-state index < -0.39 is 6.04 Å². The van der Waals surface area contributed by atoms with Crippen LogP contribution in [0.15, 0.2) is 59.2 Å². The van der Waals surface area contributed by atoms with E-state index in [0.29, 0.717) is 61.0 Å². The van der Waals surface area contributed by atoms with Gasteiger partial charge in [0.2, 0.25) is 5.91 Å². The predicted octanol–water partition coefficient (Wildman–Crippen LogP) is 4.33. The molecule has 2 aliphatic rings. The second-order valence-corrected chi connectivity index (χ2v) is 8.95. The van der Waals surface area contributed by atoms with E-state index >= 15 is 0 Å². The third-order valence-electron chi connectivity index (χ3n) is 6.79. The zero-order chi connectivity index (χ0) is 24.6. The lowest BCUT2D eigenvalue weighted by Gasteiger charge is -2.20. The van der Waals surface area contributed by atoms with Gasteiger partial charge in [0.15, 0.2) is 23.1 Å². The van der Waals surface area contributed by atoms with Crippen LogP contribution in [0.3, 0.4) is 0 Å². The number of fused-ring (bicyclic) bond motifs is 3. The maximum atomic E-state index is 13.1. The summed E-state index contributed by atoms with van der Waals surface area (Å²) in [5, 5.41) is 2.91. The molecule has 4 heterocycles. The molecule has 0 unspecified atom stereocenters. The average Bonchev–Trinajstić information content (AvgIpc) is 3.65. The predicted molar refractivity (Wildman–Crippen MR) is 133 cm³/mol. The second kappa shape index (κ2) is 9.07. The Morgan fingerprint density at radius 2 is 2.03 bits per heavy atom. The minimum atomic E-state index is -0.423. The van der Waals surface area contributed by atoms with Crippen LogP contribution in [0.25, 0.3) is 22.6 Å². The highest BCUT2D eigenvalue weighted by Crippen LogP contribution is 2.37. The van der Waals surface area contributed by atoms with E-state index in [1.807, 2.05) is 36.4 Å². The summed E-state index contributed by atoms with van der Waals surface area (Å²) < 4.78 is 19.3. The molecule has 1 saturated heterocycles. The van der Waals surface area contributed by atoms with Crippen molar-refractivity contribution in [1.82, 2.24) is 14.5 Å². The molecule has 0 spiro atoms. The number of hydrogen-bond donors (Lipinski definition) is 1. The van der Waals surface area contributed by atoms with E-state index in [1.54, 1.807) is 30.4 Å². The van der Waals surface area contributed by atoms with Gasteiger partial charge >= 0.3 is 0 Å². The number of nitrogens with zero attached hydrogens (tertiary/aromatic N) is 3. The molecule has 1 N–H and O–H groups in total. The van der Waals surface area contributed by atoms with Crippen molar-refractivity contribution >= 4 is 28.5 Å². The molecule has 184 valence electrons. The first-order chi connectivity index (χ1) is 17.6. The molecule has 1 atom stereocenters. The van der Waals surface area contributed by atoms with Gasteiger partial charge in [-0.25, -0.2) is 4.98 Å². The van der Waals surface area contributed by atoms with Gasteiger partial charge in [-0.2, -0.15) is 0 Å². The maximum Gasteiger partial charge on any atom is 0.256 e. The molecule has 2 amide bonds. The Bertz CT molecular complexity index is 1440. The average molecular weight is 487 g/mol. The van der Waals surface area contributed by atoms with E-state index in [2.05, 4.69) is 9.88 Å². The monoisotopic (exact) mass is 486 g/mol. The molecule has 0 bridgehead atoms. The fourth-order valence-corrected chi connectivity index (χ4v) is 5.07. The molecular weight excluding hydrogens is 460 g/mol. The number of methoxy groups -OCH3 is 1. The molecule has 1 fully saturated rings. The number of anilines is 1. The van der Waals surface area contributed by atoms with Gasteiger partial charge in [-0.15, -0.1) is 0 Å². The van der Waals surface area contributed by atoms with Crippen LogP contribution in [-0.2, 0) is 11.3 Å². The van der Waals surface area contributed by atoms with Gasteiger partial charge in [0.25, 0.3) is 5.91 Å². The molecule has 0 radical (unpaired) electrons. The van der Waals surface area contributed by atoms with Crippen LogP contribution in [0.1, 0.15) is 29.6 Å². The van der Waals surface area contributed by atoms with Gasteiger partial charge in [0, 0.05) is 19.2 Å². The number of aromatic nitrogens is 2. The first kappa shape index (κ1) is 22.2. The van der Waals surface area contributed by atoms with E-state index in [1.165, 1.54) is 0 Å². The number of imidazole rings is 1. The van der Waals surface area contributed by atoms with Crippen molar-refractivity contribution in [2.45, 2.75) is 31.8 Å². The van der Waals surface area contributed by atoms with Crippen molar-refractivity contribution in [1.29, 1.82) is 0 Å². The SMILES string of the molecule is COc1cc2c(cc1OCCCn1c(-c3ccco3)nc3ccccc31)NC(=O)[C@@H]1CCCN1C2=O. The first-order valence-corrected chi connectivity index (χ1v) is 12.1. The number of nitrogens with one attached hydrogen (secondary N) is 1. The van der Waals surface area contributed by atoms with Crippen molar-refractivity contribution in [2.75, 3.05) is 25.6 Å². The maximum absolute atomic E-state index is 13.1. The lowest BCUT2D eigenvalue weighted by molar-refractivity contribution is -0.119. The number of aryl methyl sites for hydroxylation is 1.